The van der Waals surface area contributed by atoms with E-state index >= 15 is 0 Å². The largest absolute Gasteiger partial charge is 0.356 e. The van der Waals surface area contributed by atoms with E-state index in [0.717, 1.165) is 49.9 Å². The average molecular weight is 502 g/mol. The first kappa shape index (κ1) is 22.0. The lowest BCUT2D eigenvalue weighted by Crippen LogP contribution is -2.49. The molecule has 1 saturated heterocycles. The third kappa shape index (κ3) is 6.10. The van der Waals surface area contributed by atoms with Crippen LogP contribution in [0.5, 0.6) is 0 Å². The second-order valence-corrected chi connectivity index (χ2v) is 7.43. The maximum atomic E-state index is 5.94. The lowest BCUT2D eigenvalue weighted by atomic mass is 9.93. The van der Waals surface area contributed by atoms with Crippen molar-refractivity contribution in [1.29, 1.82) is 0 Å². The Bertz CT molecular complexity index is 702. The van der Waals surface area contributed by atoms with E-state index in [1.165, 1.54) is 5.56 Å². The SMILES string of the molecule is CN=C(NCCCc1ccc(Cl)cc1)N1CCC(C)C(n2ccnc2)C1.I. The number of aryl methyl sites for hydroxylation is 1. The zero-order chi connectivity index (χ0) is 18.4. The van der Waals surface area contributed by atoms with Crippen molar-refractivity contribution in [3.63, 3.8) is 0 Å². The first-order valence-corrected chi connectivity index (χ1v) is 9.72. The number of guanidine groups is 1. The van der Waals surface area contributed by atoms with Gasteiger partial charge in [-0.15, -0.1) is 24.0 Å². The molecule has 1 aliphatic heterocycles. The summed E-state index contributed by atoms with van der Waals surface area (Å²) in [6.07, 6.45) is 9.11. The van der Waals surface area contributed by atoms with E-state index in [4.69, 9.17) is 11.6 Å². The summed E-state index contributed by atoms with van der Waals surface area (Å²) in [6.45, 7) is 5.25. The van der Waals surface area contributed by atoms with Gasteiger partial charge in [0.25, 0.3) is 0 Å². The maximum Gasteiger partial charge on any atom is 0.193 e. The number of piperidine rings is 1. The van der Waals surface area contributed by atoms with E-state index in [9.17, 15) is 0 Å². The molecule has 0 aliphatic carbocycles. The third-order valence-corrected chi connectivity index (χ3v) is 5.43. The molecule has 1 N–H and O–H groups in total. The van der Waals surface area contributed by atoms with Gasteiger partial charge in [0, 0.05) is 44.1 Å². The van der Waals surface area contributed by atoms with E-state index in [1.54, 1.807) is 0 Å². The molecule has 0 amide bonds. The number of aliphatic imine (C=N–C) groups is 1. The van der Waals surface area contributed by atoms with E-state index in [-0.39, 0.29) is 24.0 Å². The van der Waals surface area contributed by atoms with Crippen LogP contribution in [0.2, 0.25) is 5.02 Å². The molecule has 148 valence electrons. The topological polar surface area (TPSA) is 45.5 Å². The Morgan fingerprint density at radius 3 is 2.78 bits per heavy atom. The average Bonchev–Trinajstić information content (AvgIpc) is 3.18. The molecule has 1 aromatic heterocycles. The zero-order valence-corrected chi connectivity index (χ0v) is 19.1. The fourth-order valence-corrected chi connectivity index (χ4v) is 3.70. The molecule has 2 aromatic rings. The first-order valence-electron chi connectivity index (χ1n) is 9.35. The van der Waals surface area contributed by atoms with Gasteiger partial charge in [0.15, 0.2) is 5.96 Å². The Labute approximate surface area is 184 Å². The molecule has 1 aromatic carbocycles. The molecule has 1 fully saturated rings. The van der Waals surface area contributed by atoms with Crippen LogP contribution in [0.3, 0.4) is 0 Å². The summed E-state index contributed by atoms with van der Waals surface area (Å²) in [5.41, 5.74) is 1.32. The van der Waals surface area contributed by atoms with Gasteiger partial charge < -0.3 is 14.8 Å². The summed E-state index contributed by atoms with van der Waals surface area (Å²) in [5, 5.41) is 4.32. The summed E-state index contributed by atoms with van der Waals surface area (Å²) in [7, 11) is 1.87. The van der Waals surface area contributed by atoms with Gasteiger partial charge in [-0.1, -0.05) is 30.7 Å². The van der Waals surface area contributed by atoms with Gasteiger partial charge in [-0.05, 0) is 42.9 Å². The maximum absolute atomic E-state index is 5.94. The highest BCUT2D eigenvalue weighted by Gasteiger charge is 2.28. The number of nitrogens with zero attached hydrogens (tertiary/aromatic N) is 4. The molecule has 7 heteroatoms. The van der Waals surface area contributed by atoms with Crippen molar-refractivity contribution in [3.05, 3.63) is 53.6 Å². The molecule has 0 bridgehead atoms. The van der Waals surface area contributed by atoms with Crippen LogP contribution < -0.4 is 5.32 Å². The van der Waals surface area contributed by atoms with Gasteiger partial charge in [-0.3, -0.25) is 4.99 Å². The number of rotatable bonds is 5. The van der Waals surface area contributed by atoms with Crippen LogP contribution >= 0.6 is 35.6 Å². The number of likely N-dealkylation sites (tertiary alicyclic amines) is 1. The summed E-state index contributed by atoms with van der Waals surface area (Å²) >= 11 is 5.94. The molecule has 2 atom stereocenters. The minimum absolute atomic E-state index is 0. The number of aromatic nitrogens is 2. The standard InChI is InChI=1S/C20H28ClN5.HI/c1-16-9-12-25(14-19(16)26-13-11-23-15-26)20(22-2)24-10-3-4-17-5-7-18(21)8-6-17;/h5-8,11,13,15-16,19H,3-4,9-10,12,14H2,1-2H3,(H,22,24);1H. The smallest absolute Gasteiger partial charge is 0.193 e. The second kappa shape index (κ2) is 10.9. The predicted molar refractivity (Wildman–Crippen MR) is 123 cm³/mol. The van der Waals surface area contributed by atoms with E-state index in [0.29, 0.717) is 12.0 Å². The zero-order valence-electron chi connectivity index (χ0n) is 16.0. The Hall–Kier alpha value is -1.28. The highest BCUT2D eigenvalue weighted by Crippen LogP contribution is 2.27. The minimum atomic E-state index is 0. The quantitative estimate of drug-likeness (QED) is 0.288. The molecule has 27 heavy (non-hydrogen) atoms. The van der Waals surface area contributed by atoms with E-state index in [1.807, 2.05) is 31.7 Å². The Morgan fingerprint density at radius 1 is 1.33 bits per heavy atom. The van der Waals surface area contributed by atoms with Gasteiger partial charge in [0.2, 0.25) is 0 Å². The highest BCUT2D eigenvalue weighted by atomic mass is 127. The second-order valence-electron chi connectivity index (χ2n) is 6.99. The molecule has 0 spiro atoms. The van der Waals surface area contributed by atoms with Crippen LogP contribution in [0.1, 0.15) is 31.4 Å². The fraction of sp³-hybridized carbons (Fsp3) is 0.500. The van der Waals surface area contributed by atoms with E-state index in [2.05, 4.69) is 50.0 Å². The molecular weight excluding hydrogens is 473 g/mol. The molecule has 3 rings (SSSR count). The van der Waals surface area contributed by atoms with Crippen LogP contribution in [0, 0.1) is 5.92 Å². The summed E-state index contributed by atoms with van der Waals surface area (Å²) in [6, 6.07) is 8.54. The molecule has 2 heterocycles. The molecule has 0 radical (unpaired) electrons. The molecule has 2 unspecified atom stereocenters. The fourth-order valence-electron chi connectivity index (χ4n) is 3.57. The van der Waals surface area contributed by atoms with Crippen molar-refractivity contribution < 1.29 is 0 Å². The van der Waals surface area contributed by atoms with Gasteiger partial charge in [0.05, 0.1) is 12.4 Å². The highest BCUT2D eigenvalue weighted by molar-refractivity contribution is 14.0. The van der Waals surface area contributed by atoms with Crippen molar-refractivity contribution in [1.82, 2.24) is 19.8 Å². The summed E-state index contributed by atoms with van der Waals surface area (Å²) in [5.74, 6) is 1.64. The minimum Gasteiger partial charge on any atom is -0.356 e. The van der Waals surface area contributed by atoms with Gasteiger partial charge in [0.1, 0.15) is 0 Å². The number of benzene rings is 1. The Morgan fingerprint density at radius 2 is 2.11 bits per heavy atom. The van der Waals surface area contributed by atoms with Crippen LogP contribution in [0.4, 0.5) is 0 Å². The summed E-state index contributed by atoms with van der Waals surface area (Å²) in [4.78, 5) is 11.1. The number of imidazole rings is 1. The number of halogens is 2. The molecule has 5 nitrogen and oxygen atoms in total. The van der Waals surface area contributed by atoms with Crippen LogP contribution in [-0.2, 0) is 6.42 Å². The van der Waals surface area contributed by atoms with Gasteiger partial charge in [-0.25, -0.2) is 4.98 Å². The third-order valence-electron chi connectivity index (χ3n) is 5.18. The number of nitrogens with one attached hydrogen (secondary N) is 1. The van der Waals surface area contributed by atoms with Crippen molar-refractivity contribution in [2.75, 3.05) is 26.7 Å². The van der Waals surface area contributed by atoms with Crippen molar-refractivity contribution in [2.45, 2.75) is 32.2 Å². The van der Waals surface area contributed by atoms with Crippen LogP contribution in [-0.4, -0.2) is 47.1 Å². The normalized spacial score (nSPS) is 20.3. The lowest BCUT2D eigenvalue weighted by Gasteiger charge is -2.39. The van der Waals surface area contributed by atoms with Crippen molar-refractivity contribution in [3.8, 4) is 0 Å². The predicted octanol–water partition coefficient (Wildman–Crippen LogP) is 4.25. The number of hydrogen-bond donors (Lipinski definition) is 1. The van der Waals surface area contributed by atoms with Crippen LogP contribution in [0.25, 0.3) is 0 Å². The Balaban J connectivity index is 0.00000261. The first-order chi connectivity index (χ1) is 12.7. The van der Waals surface area contributed by atoms with Gasteiger partial charge in [-0.2, -0.15) is 0 Å². The molecule has 1 aliphatic rings. The van der Waals surface area contributed by atoms with E-state index < -0.39 is 0 Å². The van der Waals surface area contributed by atoms with Gasteiger partial charge >= 0.3 is 0 Å². The van der Waals surface area contributed by atoms with Crippen molar-refractivity contribution >= 4 is 41.5 Å². The van der Waals surface area contributed by atoms with Crippen LogP contribution in [0.15, 0.2) is 48.0 Å². The Kier molecular flexibility index (Phi) is 8.89. The summed E-state index contributed by atoms with van der Waals surface area (Å²) < 4.78 is 2.23. The monoisotopic (exact) mass is 501 g/mol. The lowest BCUT2D eigenvalue weighted by molar-refractivity contribution is 0.189. The number of hydrogen-bond acceptors (Lipinski definition) is 2. The molecule has 0 saturated carbocycles. The van der Waals surface area contributed by atoms with Crippen molar-refractivity contribution in [2.24, 2.45) is 10.9 Å². The molecular formula is C20H29ClIN5.